The van der Waals surface area contributed by atoms with Crippen molar-refractivity contribution in [2.75, 3.05) is 31.5 Å². The van der Waals surface area contributed by atoms with E-state index < -0.39 is 0 Å². The summed E-state index contributed by atoms with van der Waals surface area (Å²) in [4.78, 5) is 28.2. The number of carbonyl (C=O) groups is 2. The third-order valence-electron chi connectivity index (χ3n) is 5.31. The monoisotopic (exact) mass is 355 g/mol. The molecule has 1 N–H and O–H groups in total. The van der Waals surface area contributed by atoms with Gasteiger partial charge in [0.15, 0.2) is 0 Å². The van der Waals surface area contributed by atoms with E-state index in [0.717, 1.165) is 37.2 Å². The third kappa shape index (κ3) is 5.18. The fourth-order valence-corrected chi connectivity index (χ4v) is 3.93. The van der Waals surface area contributed by atoms with Gasteiger partial charge in [0, 0.05) is 37.8 Å². The van der Waals surface area contributed by atoms with Crippen LogP contribution in [-0.4, -0.2) is 53.8 Å². The van der Waals surface area contributed by atoms with Crippen LogP contribution in [0.1, 0.15) is 44.6 Å². The van der Waals surface area contributed by atoms with Gasteiger partial charge in [-0.1, -0.05) is 18.6 Å². The summed E-state index contributed by atoms with van der Waals surface area (Å²) in [5, 5.41) is 2.76. The number of piperidine rings is 2. The lowest BCUT2D eigenvalue weighted by atomic mass is 10.00. The zero-order valence-corrected chi connectivity index (χ0v) is 15.6. The number of rotatable bonds is 4. The number of anilines is 1. The van der Waals surface area contributed by atoms with Gasteiger partial charge in [-0.3, -0.25) is 9.59 Å². The van der Waals surface area contributed by atoms with Gasteiger partial charge < -0.3 is 15.1 Å². The third-order valence-corrected chi connectivity index (χ3v) is 5.31. The summed E-state index contributed by atoms with van der Waals surface area (Å²) >= 11 is 0. The van der Waals surface area contributed by atoms with Gasteiger partial charge in [0.2, 0.25) is 11.8 Å². The molecular formula is C21H29N3O2. The molecule has 5 nitrogen and oxygen atoms in total. The average Bonchev–Trinajstić information content (AvgIpc) is 2.67. The zero-order chi connectivity index (χ0) is 18.4. The van der Waals surface area contributed by atoms with E-state index >= 15 is 0 Å². The molecule has 0 aromatic heterocycles. The van der Waals surface area contributed by atoms with Gasteiger partial charge in [-0.2, -0.15) is 0 Å². The van der Waals surface area contributed by atoms with Crippen molar-refractivity contribution in [1.82, 2.24) is 9.80 Å². The lowest BCUT2D eigenvalue weighted by Crippen LogP contribution is -2.47. The second kappa shape index (κ2) is 8.99. The van der Waals surface area contributed by atoms with Crippen molar-refractivity contribution < 1.29 is 9.59 Å². The first-order valence-corrected chi connectivity index (χ1v) is 9.70. The smallest absolute Gasteiger partial charge is 0.246 e. The molecule has 0 atom stereocenters. The summed E-state index contributed by atoms with van der Waals surface area (Å²) in [7, 11) is 0. The van der Waals surface area contributed by atoms with Crippen LogP contribution in [0.3, 0.4) is 0 Å². The molecule has 0 bridgehead atoms. The Bertz CT molecular complexity index is 657. The molecule has 0 aliphatic carbocycles. The first kappa shape index (κ1) is 18.6. The highest BCUT2D eigenvalue weighted by Crippen LogP contribution is 2.21. The molecule has 0 spiro atoms. The minimum Gasteiger partial charge on any atom is -0.339 e. The minimum absolute atomic E-state index is 0.0759. The van der Waals surface area contributed by atoms with Gasteiger partial charge in [-0.25, -0.2) is 0 Å². The van der Waals surface area contributed by atoms with Crippen molar-refractivity contribution in [3.8, 4) is 0 Å². The molecule has 5 heteroatoms. The summed E-state index contributed by atoms with van der Waals surface area (Å²) in [6.07, 6.45) is 9.63. The van der Waals surface area contributed by atoms with Crippen molar-refractivity contribution in [1.29, 1.82) is 0 Å². The van der Waals surface area contributed by atoms with Crippen LogP contribution in [0.4, 0.5) is 5.69 Å². The van der Waals surface area contributed by atoms with Gasteiger partial charge >= 0.3 is 0 Å². The second-order valence-electron chi connectivity index (χ2n) is 7.29. The molecule has 2 aliphatic rings. The molecule has 3 rings (SSSR count). The number of hydrogen-bond donors (Lipinski definition) is 1. The molecule has 2 amide bonds. The van der Waals surface area contributed by atoms with Crippen molar-refractivity contribution in [2.45, 2.75) is 45.1 Å². The van der Waals surface area contributed by atoms with E-state index in [2.05, 4.69) is 10.2 Å². The number of nitrogens with one attached hydrogen (secondary N) is 1. The van der Waals surface area contributed by atoms with Crippen LogP contribution in [0.25, 0.3) is 6.08 Å². The van der Waals surface area contributed by atoms with Crippen LogP contribution in [0.5, 0.6) is 0 Å². The predicted molar refractivity (Wildman–Crippen MR) is 105 cm³/mol. The van der Waals surface area contributed by atoms with E-state index in [-0.39, 0.29) is 11.8 Å². The van der Waals surface area contributed by atoms with Crippen LogP contribution in [0.2, 0.25) is 0 Å². The highest BCUT2D eigenvalue weighted by Gasteiger charge is 2.26. The Morgan fingerprint density at radius 1 is 1.08 bits per heavy atom. The molecule has 0 saturated carbocycles. The fourth-order valence-electron chi connectivity index (χ4n) is 3.93. The first-order valence-electron chi connectivity index (χ1n) is 9.70. The number of benzene rings is 1. The maximum absolute atomic E-state index is 12.5. The maximum Gasteiger partial charge on any atom is 0.246 e. The summed E-state index contributed by atoms with van der Waals surface area (Å²) in [5.74, 6) is -0.0224. The van der Waals surface area contributed by atoms with E-state index in [1.807, 2.05) is 35.2 Å². The van der Waals surface area contributed by atoms with E-state index in [9.17, 15) is 9.59 Å². The Balaban J connectivity index is 1.51. The Morgan fingerprint density at radius 2 is 1.81 bits per heavy atom. The number of hydrogen-bond acceptors (Lipinski definition) is 3. The molecule has 0 unspecified atom stereocenters. The van der Waals surface area contributed by atoms with Gasteiger partial charge in [-0.05, 0) is 62.5 Å². The number of carbonyl (C=O) groups excluding carboxylic acids is 2. The fraction of sp³-hybridized carbons (Fsp3) is 0.524. The largest absolute Gasteiger partial charge is 0.339 e. The Kier molecular flexibility index (Phi) is 6.45. The number of nitrogens with zero attached hydrogens (tertiary/aromatic N) is 2. The van der Waals surface area contributed by atoms with Crippen molar-refractivity contribution in [2.24, 2.45) is 0 Å². The van der Waals surface area contributed by atoms with Gasteiger partial charge in [-0.15, -0.1) is 0 Å². The van der Waals surface area contributed by atoms with E-state index in [1.54, 1.807) is 6.08 Å². The summed E-state index contributed by atoms with van der Waals surface area (Å²) in [5.41, 5.74) is 1.65. The molecule has 26 heavy (non-hydrogen) atoms. The highest BCUT2D eigenvalue weighted by molar-refractivity contribution is 5.92. The van der Waals surface area contributed by atoms with E-state index in [0.29, 0.717) is 6.04 Å². The molecule has 0 radical (unpaired) electrons. The average molecular weight is 355 g/mol. The first-order chi connectivity index (χ1) is 12.6. The van der Waals surface area contributed by atoms with Crippen molar-refractivity contribution >= 4 is 23.6 Å². The number of likely N-dealkylation sites (tertiary alicyclic amines) is 2. The molecular weight excluding hydrogens is 326 g/mol. The maximum atomic E-state index is 12.5. The standard InChI is InChI=1S/C21H29N3O2/c1-17(25)22-19-7-5-6-18(16-19)8-9-21(26)24-14-10-20(11-15-24)23-12-3-2-4-13-23/h5-9,16,20H,2-4,10-15H2,1H3,(H,22,25)/b9-8+. The molecule has 2 saturated heterocycles. The Morgan fingerprint density at radius 3 is 2.50 bits per heavy atom. The lowest BCUT2D eigenvalue weighted by molar-refractivity contribution is -0.127. The molecule has 1 aromatic rings. The van der Waals surface area contributed by atoms with E-state index in [4.69, 9.17) is 0 Å². The molecule has 2 fully saturated rings. The Hall–Kier alpha value is -2.14. The van der Waals surface area contributed by atoms with Crippen LogP contribution >= 0.6 is 0 Å². The van der Waals surface area contributed by atoms with Crippen molar-refractivity contribution in [3.63, 3.8) is 0 Å². The van der Waals surface area contributed by atoms with Crippen LogP contribution in [-0.2, 0) is 9.59 Å². The van der Waals surface area contributed by atoms with Crippen LogP contribution in [0.15, 0.2) is 30.3 Å². The van der Waals surface area contributed by atoms with Gasteiger partial charge in [0.25, 0.3) is 0 Å². The van der Waals surface area contributed by atoms with Crippen LogP contribution in [0, 0.1) is 0 Å². The van der Waals surface area contributed by atoms with Crippen LogP contribution < -0.4 is 5.32 Å². The molecule has 1 aromatic carbocycles. The molecule has 140 valence electrons. The summed E-state index contributed by atoms with van der Waals surface area (Å²) in [6, 6.07) is 8.16. The number of amides is 2. The van der Waals surface area contributed by atoms with Crippen molar-refractivity contribution in [3.05, 3.63) is 35.9 Å². The zero-order valence-electron chi connectivity index (χ0n) is 15.6. The lowest BCUT2D eigenvalue weighted by Gasteiger charge is -2.40. The van der Waals surface area contributed by atoms with E-state index in [1.165, 1.54) is 39.3 Å². The highest BCUT2D eigenvalue weighted by atomic mass is 16.2. The Labute approximate surface area is 156 Å². The molecule has 2 heterocycles. The summed E-state index contributed by atoms with van der Waals surface area (Å²) in [6.45, 7) is 5.62. The normalized spacial score (nSPS) is 19.7. The molecule has 2 aliphatic heterocycles. The minimum atomic E-state index is -0.0983. The quantitative estimate of drug-likeness (QED) is 0.844. The second-order valence-corrected chi connectivity index (χ2v) is 7.29. The van der Waals surface area contributed by atoms with Gasteiger partial charge in [0.1, 0.15) is 0 Å². The SMILES string of the molecule is CC(=O)Nc1cccc(/C=C/C(=O)N2CCC(N3CCCCC3)CC2)c1. The van der Waals surface area contributed by atoms with Gasteiger partial charge in [0.05, 0.1) is 0 Å². The topological polar surface area (TPSA) is 52.7 Å². The summed E-state index contributed by atoms with van der Waals surface area (Å²) < 4.78 is 0. The predicted octanol–water partition coefficient (Wildman–Crippen LogP) is 3.14.